The Labute approximate surface area is 250 Å². The van der Waals surface area contributed by atoms with Crippen LogP contribution < -0.4 is 29.2 Å². The molecule has 1 aromatic heterocycles. The number of carbonyl (C=O) groups excluding carboxylic acids is 2. The molecule has 1 N–H and O–H groups in total. The maximum absolute atomic E-state index is 14.5. The number of nitrogens with zero attached hydrogens (tertiary/aromatic N) is 4. The molecule has 1 heterocycles. The molecule has 1 aliphatic rings. The van der Waals surface area contributed by atoms with Gasteiger partial charge in [-0.3, -0.25) is 14.5 Å². The summed E-state index contributed by atoms with van der Waals surface area (Å²) in [6.07, 6.45) is 5.00. The summed E-state index contributed by atoms with van der Waals surface area (Å²) in [5.41, 5.74) is 2.33. The van der Waals surface area contributed by atoms with Crippen molar-refractivity contribution in [2.75, 3.05) is 33.3 Å². The van der Waals surface area contributed by atoms with E-state index in [1.807, 2.05) is 24.3 Å². The minimum absolute atomic E-state index is 0.0138. The summed E-state index contributed by atoms with van der Waals surface area (Å²) >= 11 is 0. The molecule has 2 amide bonds. The number of hydrogen-bond donors (Lipinski definition) is 1. The number of fused-ring (bicyclic) bond motifs is 1. The minimum atomic E-state index is -1.07. The van der Waals surface area contributed by atoms with Crippen molar-refractivity contribution in [2.24, 2.45) is 0 Å². The summed E-state index contributed by atoms with van der Waals surface area (Å²) in [6.45, 7) is -0.166. The number of para-hydroxylation sites is 1. The molecule has 5 rings (SSSR count). The maximum atomic E-state index is 14.5. The van der Waals surface area contributed by atoms with Gasteiger partial charge < -0.3 is 24.3 Å². The number of carbonyl (C=O) groups is 2. The Morgan fingerprint density at radius 2 is 1.58 bits per heavy atom. The molecule has 0 saturated heterocycles. The second-order valence-electron chi connectivity index (χ2n) is 10.4. The number of anilines is 1. The first kappa shape index (κ1) is 29.7. The molecule has 43 heavy (non-hydrogen) atoms. The van der Waals surface area contributed by atoms with E-state index in [9.17, 15) is 9.59 Å². The zero-order valence-electron chi connectivity index (χ0n) is 24.9. The number of methoxy groups -OCH3 is 4. The Bertz CT molecular complexity index is 1560. The monoisotopic (exact) mass is 587 g/mol. The van der Waals surface area contributed by atoms with Crippen LogP contribution in [0.3, 0.4) is 0 Å². The van der Waals surface area contributed by atoms with Gasteiger partial charge in [-0.2, -0.15) is 0 Å². The van der Waals surface area contributed by atoms with Crippen molar-refractivity contribution in [1.82, 2.24) is 20.3 Å². The predicted molar refractivity (Wildman–Crippen MR) is 162 cm³/mol. The molecule has 11 heteroatoms. The van der Waals surface area contributed by atoms with Crippen molar-refractivity contribution in [3.63, 3.8) is 0 Å². The highest BCUT2D eigenvalue weighted by atomic mass is 16.5. The molecule has 3 aromatic carbocycles. The van der Waals surface area contributed by atoms with Gasteiger partial charge in [-0.1, -0.05) is 42.7 Å². The van der Waals surface area contributed by atoms with Crippen molar-refractivity contribution in [2.45, 2.75) is 50.7 Å². The molecule has 226 valence electrons. The van der Waals surface area contributed by atoms with Gasteiger partial charge in [0.15, 0.2) is 11.5 Å². The highest BCUT2D eigenvalue weighted by Gasteiger charge is 2.35. The summed E-state index contributed by atoms with van der Waals surface area (Å²) in [6, 6.07) is 16.7. The second kappa shape index (κ2) is 13.5. The van der Waals surface area contributed by atoms with E-state index in [1.165, 1.54) is 30.9 Å². The second-order valence-corrected chi connectivity index (χ2v) is 10.4. The fourth-order valence-electron chi connectivity index (χ4n) is 5.57. The lowest BCUT2D eigenvalue weighted by Gasteiger charge is -2.34. The Morgan fingerprint density at radius 3 is 2.26 bits per heavy atom. The van der Waals surface area contributed by atoms with Crippen LogP contribution in [0.15, 0.2) is 60.7 Å². The van der Waals surface area contributed by atoms with Crippen molar-refractivity contribution in [3.8, 4) is 23.0 Å². The van der Waals surface area contributed by atoms with Crippen LogP contribution >= 0.6 is 0 Å². The van der Waals surface area contributed by atoms with E-state index >= 15 is 0 Å². The highest BCUT2D eigenvalue weighted by molar-refractivity contribution is 6.02. The fraction of sp³-hybridized carbons (Fsp3) is 0.375. The average molecular weight is 588 g/mol. The molecule has 4 aromatic rings. The summed E-state index contributed by atoms with van der Waals surface area (Å²) in [7, 11) is 6.15. The number of amides is 2. The molecule has 0 bridgehead atoms. The molecule has 11 nitrogen and oxygen atoms in total. The Balaban J connectivity index is 1.65. The number of benzene rings is 3. The maximum Gasteiger partial charge on any atom is 0.249 e. The lowest BCUT2D eigenvalue weighted by atomic mass is 9.94. The molecule has 1 unspecified atom stereocenters. The summed E-state index contributed by atoms with van der Waals surface area (Å²) in [5.74, 6) is 1.19. The predicted octanol–water partition coefficient (Wildman–Crippen LogP) is 4.69. The van der Waals surface area contributed by atoms with Gasteiger partial charge in [-0.25, -0.2) is 4.68 Å². The Hall–Kier alpha value is -4.80. The minimum Gasteiger partial charge on any atom is -0.497 e. The van der Waals surface area contributed by atoms with Crippen LogP contribution in [0.4, 0.5) is 5.69 Å². The normalized spacial score (nSPS) is 14.1. The van der Waals surface area contributed by atoms with E-state index in [0.717, 1.165) is 32.1 Å². The zero-order valence-corrected chi connectivity index (χ0v) is 24.9. The van der Waals surface area contributed by atoms with Crippen LogP contribution in [0.25, 0.3) is 11.0 Å². The average Bonchev–Trinajstić information content (AvgIpc) is 3.45. The van der Waals surface area contributed by atoms with E-state index in [0.29, 0.717) is 45.3 Å². The molecular formula is C32H37N5O6. The van der Waals surface area contributed by atoms with E-state index in [2.05, 4.69) is 15.6 Å². The summed E-state index contributed by atoms with van der Waals surface area (Å²) in [4.78, 5) is 30.3. The number of hydrogen-bond acceptors (Lipinski definition) is 8. The van der Waals surface area contributed by atoms with Crippen LogP contribution in [0.5, 0.6) is 23.0 Å². The van der Waals surface area contributed by atoms with E-state index < -0.39 is 6.04 Å². The van der Waals surface area contributed by atoms with E-state index in [1.54, 1.807) is 43.5 Å². The van der Waals surface area contributed by atoms with Gasteiger partial charge in [0.05, 0.1) is 39.6 Å². The lowest BCUT2D eigenvalue weighted by molar-refractivity contribution is -0.127. The molecule has 1 saturated carbocycles. The Kier molecular flexibility index (Phi) is 9.29. The molecule has 0 radical (unpaired) electrons. The third kappa shape index (κ3) is 6.50. The van der Waals surface area contributed by atoms with E-state index in [4.69, 9.17) is 18.9 Å². The SMILES string of the molecule is COc1cc(OC)cc(N(C(=O)Cn2nnc3ccccc32)C(C(=O)NC2CCCCC2)c2ccc(OC)c(OC)c2)c1. The first-order chi connectivity index (χ1) is 20.9. The van der Waals surface area contributed by atoms with Crippen molar-refractivity contribution < 1.29 is 28.5 Å². The van der Waals surface area contributed by atoms with Gasteiger partial charge in [0.25, 0.3) is 0 Å². The quantitative estimate of drug-likeness (QED) is 0.269. The van der Waals surface area contributed by atoms with Crippen LogP contribution in [-0.4, -0.2) is 61.3 Å². The topological polar surface area (TPSA) is 117 Å². The fourth-order valence-corrected chi connectivity index (χ4v) is 5.57. The van der Waals surface area contributed by atoms with Crippen LogP contribution in [0.1, 0.15) is 43.7 Å². The standard InChI is InChI=1S/C32H37N5O6/c1-40-24-17-23(18-25(19-24)41-2)37(30(38)20-36-27-13-9-8-12-26(27)34-35-36)31(32(39)33-22-10-6-5-7-11-22)21-14-15-28(42-3)29(16-21)43-4/h8-9,12-19,22,31H,5-7,10-11,20H2,1-4H3,(H,33,39). The Morgan fingerprint density at radius 1 is 0.884 bits per heavy atom. The van der Waals surface area contributed by atoms with Gasteiger partial charge >= 0.3 is 0 Å². The molecule has 1 aliphatic carbocycles. The number of ether oxygens (including phenoxy) is 4. The third-order valence-electron chi connectivity index (χ3n) is 7.77. The van der Waals surface area contributed by atoms with Crippen LogP contribution in [0.2, 0.25) is 0 Å². The smallest absolute Gasteiger partial charge is 0.249 e. The van der Waals surface area contributed by atoms with Crippen molar-refractivity contribution >= 4 is 28.5 Å². The molecule has 1 fully saturated rings. The molecular weight excluding hydrogens is 550 g/mol. The summed E-state index contributed by atoms with van der Waals surface area (Å²) < 4.78 is 23.7. The van der Waals surface area contributed by atoms with Crippen LogP contribution in [0, 0.1) is 0 Å². The van der Waals surface area contributed by atoms with Crippen molar-refractivity contribution in [3.05, 3.63) is 66.2 Å². The van der Waals surface area contributed by atoms with Crippen molar-refractivity contribution in [1.29, 1.82) is 0 Å². The largest absolute Gasteiger partial charge is 0.497 e. The van der Waals surface area contributed by atoms with Crippen LogP contribution in [-0.2, 0) is 16.1 Å². The van der Waals surface area contributed by atoms with Gasteiger partial charge in [-0.15, -0.1) is 5.10 Å². The third-order valence-corrected chi connectivity index (χ3v) is 7.77. The van der Waals surface area contributed by atoms with Gasteiger partial charge in [-0.05, 0) is 42.7 Å². The highest BCUT2D eigenvalue weighted by Crippen LogP contribution is 2.37. The van der Waals surface area contributed by atoms with Gasteiger partial charge in [0, 0.05) is 24.2 Å². The molecule has 0 spiro atoms. The molecule has 0 aliphatic heterocycles. The number of rotatable bonds is 11. The van der Waals surface area contributed by atoms with E-state index in [-0.39, 0.29) is 24.4 Å². The molecule has 1 atom stereocenters. The number of aromatic nitrogens is 3. The first-order valence-corrected chi connectivity index (χ1v) is 14.3. The lowest BCUT2D eigenvalue weighted by Crippen LogP contribution is -2.48. The first-order valence-electron chi connectivity index (χ1n) is 14.3. The zero-order chi connectivity index (χ0) is 30.3. The number of nitrogens with one attached hydrogen (secondary N) is 1. The van der Waals surface area contributed by atoms with Gasteiger partial charge in [0.1, 0.15) is 29.6 Å². The summed E-state index contributed by atoms with van der Waals surface area (Å²) in [5, 5.41) is 11.7. The van der Waals surface area contributed by atoms with Gasteiger partial charge in [0.2, 0.25) is 11.8 Å².